The molecule has 5 heterocycles. The van der Waals surface area contributed by atoms with Gasteiger partial charge in [-0.3, -0.25) is 14.2 Å². The summed E-state index contributed by atoms with van der Waals surface area (Å²) in [5.41, 5.74) is 1.82. The minimum absolute atomic E-state index is 0.0137. The van der Waals surface area contributed by atoms with Gasteiger partial charge in [-0.1, -0.05) is 0 Å². The van der Waals surface area contributed by atoms with Crippen LogP contribution < -0.4 is 5.76 Å². The fourth-order valence-electron chi connectivity index (χ4n) is 4.70. The lowest BCUT2D eigenvalue weighted by molar-refractivity contribution is 0.116. The topological polar surface area (TPSA) is 145 Å². The van der Waals surface area contributed by atoms with Gasteiger partial charge < -0.3 is 18.8 Å². The molecule has 0 saturated carbocycles. The van der Waals surface area contributed by atoms with Crippen LogP contribution in [0.1, 0.15) is 36.9 Å². The Morgan fingerprint density at radius 2 is 1.90 bits per heavy atom. The van der Waals surface area contributed by atoms with Gasteiger partial charge in [0.25, 0.3) is 5.89 Å². The first-order valence-electron chi connectivity index (χ1n) is 12.2. The molecular formula is C25H20F3N7O5. The van der Waals surface area contributed by atoms with Gasteiger partial charge in [-0.2, -0.15) is 13.9 Å². The number of halogens is 3. The Morgan fingerprint density at radius 3 is 2.58 bits per heavy atom. The molecule has 40 heavy (non-hydrogen) atoms. The highest BCUT2D eigenvalue weighted by molar-refractivity contribution is 5.80. The van der Waals surface area contributed by atoms with Gasteiger partial charge >= 0.3 is 18.3 Å². The number of fused-ring (bicyclic) bond motifs is 1. The molecule has 1 N–H and O–H groups in total. The molecule has 0 aliphatic carbocycles. The van der Waals surface area contributed by atoms with E-state index in [-0.39, 0.29) is 35.1 Å². The molecule has 0 spiro atoms. The van der Waals surface area contributed by atoms with Crippen LogP contribution in [0.3, 0.4) is 0 Å². The smallest absolute Gasteiger partial charge is 0.420 e. The summed E-state index contributed by atoms with van der Waals surface area (Å²) in [6.07, 6.45) is 1.89. The van der Waals surface area contributed by atoms with Gasteiger partial charge in [0.1, 0.15) is 5.82 Å². The highest BCUT2D eigenvalue weighted by Crippen LogP contribution is 2.30. The van der Waals surface area contributed by atoms with Crippen LogP contribution in [0.25, 0.3) is 33.7 Å². The number of piperidine rings is 1. The van der Waals surface area contributed by atoms with Gasteiger partial charge in [0, 0.05) is 42.7 Å². The second-order valence-electron chi connectivity index (χ2n) is 9.25. The van der Waals surface area contributed by atoms with E-state index in [9.17, 15) is 18.4 Å². The Morgan fingerprint density at radius 1 is 1.10 bits per heavy atom. The van der Waals surface area contributed by atoms with Crippen molar-refractivity contribution in [2.24, 2.45) is 0 Å². The molecule has 1 aliphatic rings. The van der Waals surface area contributed by atoms with E-state index in [1.165, 1.54) is 40.1 Å². The summed E-state index contributed by atoms with van der Waals surface area (Å²) in [7, 11) is 0. The molecule has 0 bridgehead atoms. The molecule has 12 nitrogen and oxygen atoms in total. The number of oxazole rings is 1. The van der Waals surface area contributed by atoms with Crippen molar-refractivity contribution in [2.45, 2.75) is 31.9 Å². The first-order chi connectivity index (χ1) is 19.3. The second kappa shape index (κ2) is 9.98. The zero-order valence-corrected chi connectivity index (χ0v) is 20.6. The molecule has 15 heteroatoms. The fourth-order valence-corrected chi connectivity index (χ4v) is 4.70. The minimum atomic E-state index is -2.89. The fraction of sp³-hybridized carbons (Fsp3) is 0.280. The molecule has 1 amide bonds. The number of hydrogen-bond acceptors (Lipinski definition) is 8. The average Bonchev–Trinajstić information content (AvgIpc) is 3.69. The second-order valence-corrected chi connectivity index (χ2v) is 9.25. The molecule has 1 aromatic carbocycles. The van der Waals surface area contributed by atoms with E-state index in [2.05, 4.69) is 20.3 Å². The number of likely N-dealkylation sites (tertiary alicyclic amines) is 1. The number of carboxylic acid groups (broad SMARTS) is 1. The Hall–Kier alpha value is -4.95. The van der Waals surface area contributed by atoms with Crippen molar-refractivity contribution in [3.05, 3.63) is 70.8 Å². The summed E-state index contributed by atoms with van der Waals surface area (Å²) in [6, 6.07) is 5.70. The normalized spacial score (nSPS) is 14.4. The molecule has 0 unspecified atom stereocenters. The molecule has 4 aromatic heterocycles. The van der Waals surface area contributed by atoms with Gasteiger partial charge in [-0.25, -0.2) is 14.0 Å². The van der Waals surface area contributed by atoms with Crippen molar-refractivity contribution < 1.29 is 31.9 Å². The third-order valence-electron chi connectivity index (χ3n) is 6.80. The predicted molar refractivity (Wildman–Crippen MR) is 131 cm³/mol. The Kier molecular flexibility index (Phi) is 6.32. The van der Waals surface area contributed by atoms with Gasteiger partial charge in [-0.15, -0.1) is 10.2 Å². The van der Waals surface area contributed by atoms with Gasteiger partial charge in [0.15, 0.2) is 5.58 Å². The molecule has 0 atom stereocenters. The average molecular weight is 555 g/mol. The number of amides is 1. The van der Waals surface area contributed by atoms with Crippen LogP contribution in [-0.4, -0.2) is 58.7 Å². The number of hydrogen-bond donors (Lipinski definition) is 1. The number of pyridine rings is 1. The van der Waals surface area contributed by atoms with Crippen LogP contribution in [0.4, 0.5) is 18.0 Å². The number of rotatable bonds is 6. The van der Waals surface area contributed by atoms with E-state index in [0.717, 1.165) is 0 Å². The summed E-state index contributed by atoms with van der Waals surface area (Å²) >= 11 is 0. The van der Waals surface area contributed by atoms with Gasteiger partial charge in [0.05, 0.1) is 35.6 Å². The van der Waals surface area contributed by atoms with Crippen molar-refractivity contribution in [3.8, 4) is 22.6 Å². The van der Waals surface area contributed by atoms with Gasteiger partial charge in [-0.05, 0) is 31.0 Å². The third-order valence-corrected chi connectivity index (χ3v) is 6.80. The Balaban J connectivity index is 1.22. The van der Waals surface area contributed by atoms with E-state index < -0.39 is 30.0 Å². The zero-order chi connectivity index (χ0) is 28.0. The number of alkyl halides is 2. The maximum absolute atomic E-state index is 15.3. The molecule has 206 valence electrons. The lowest BCUT2D eigenvalue weighted by Gasteiger charge is -2.30. The number of benzene rings is 1. The molecule has 1 aliphatic heterocycles. The van der Waals surface area contributed by atoms with E-state index in [0.29, 0.717) is 42.8 Å². The van der Waals surface area contributed by atoms with Crippen LogP contribution in [0.5, 0.6) is 0 Å². The first kappa shape index (κ1) is 25.3. The van der Waals surface area contributed by atoms with Crippen molar-refractivity contribution in [1.82, 2.24) is 34.4 Å². The number of aromatic nitrogens is 6. The SMILES string of the molecule is O=C(O)N1CCC(n2cc(-c3cc4oc(=O)n(Cc5ccc(-c6nnc(C(F)F)o6)cn5)c4cc3F)cn2)CC1. The van der Waals surface area contributed by atoms with Crippen LogP contribution >= 0.6 is 0 Å². The molecule has 1 fully saturated rings. The number of carbonyl (C=O) groups is 1. The molecule has 6 rings (SSSR count). The highest BCUT2D eigenvalue weighted by atomic mass is 19.3. The molecule has 5 aromatic rings. The predicted octanol–water partition coefficient (Wildman–Crippen LogP) is 4.34. The van der Waals surface area contributed by atoms with Crippen LogP contribution in [0.15, 0.2) is 56.5 Å². The molecular weight excluding hydrogens is 535 g/mol. The third kappa shape index (κ3) is 4.69. The molecule has 1 saturated heterocycles. The van der Waals surface area contributed by atoms with E-state index in [4.69, 9.17) is 13.9 Å². The van der Waals surface area contributed by atoms with Crippen molar-refractivity contribution in [3.63, 3.8) is 0 Å². The van der Waals surface area contributed by atoms with E-state index in [1.54, 1.807) is 16.9 Å². The summed E-state index contributed by atoms with van der Waals surface area (Å²) in [5.74, 6) is -2.22. The highest BCUT2D eigenvalue weighted by Gasteiger charge is 2.25. The van der Waals surface area contributed by atoms with E-state index in [1.807, 2.05) is 0 Å². The zero-order valence-electron chi connectivity index (χ0n) is 20.6. The monoisotopic (exact) mass is 555 g/mol. The maximum Gasteiger partial charge on any atom is 0.420 e. The first-order valence-corrected chi connectivity index (χ1v) is 12.2. The van der Waals surface area contributed by atoms with Crippen molar-refractivity contribution in [2.75, 3.05) is 13.1 Å². The van der Waals surface area contributed by atoms with Crippen molar-refractivity contribution >= 4 is 17.2 Å². The summed E-state index contributed by atoms with van der Waals surface area (Å²) in [4.78, 5) is 29.3. The molecule has 0 radical (unpaired) electrons. The van der Waals surface area contributed by atoms with Crippen molar-refractivity contribution in [1.29, 1.82) is 0 Å². The number of nitrogens with zero attached hydrogens (tertiary/aromatic N) is 7. The lowest BCUT2D eigenvalue weighted by Crippen LogP contribution is -2.38. The van der Waals surface area contributed by atoms with Crippen LogP contribution in [0.2, 0.25) is 0 Å². The largest absolute Gasteiger partial charge is 0.465 e. The van der Waals surface area contributed by atoms with E-state index >= 15 is 4.39 Å². The quantitative estimate of drug-likeness (QED) is 0.323. The summed E-state index contributed by atoms with van der Waals surface area (Å²) < 4.78 is 53.9. The van der Waals surface area contributed by atoms with Crippen LogP contribution in [0, 0.1) is 5.82 Å². The Labute approximate surface area is 222 Å². The summed E-state index contributed by atoms with van der Waals surface area (Å²) in [5, 5.41) is 20.3. The van der Waals surface area contributed by atoms with Crippen LogP contribution in [-0.2, 0) is 6.54 Å². The van der Waals surface area contributed by atoms with Gasteiger partial charge in [0.2, 0.25) is 5.89 Å². The Bertz CT molecular complexity index is 1750. The minimum Gasteiger partial charge on any atom is -0.465 e. The maximum atomic E-state index is 15.3. The standard InChI is InChI=1S/C25H20F3N7O5/c26-18-8-19-20(7-17(18)14-10-30-35(11-14)16-3-5-33(6-4-16)24(36)37)39-25(38)34(19)12-15-2-1-13(9-29-15)22-31-32-23(40-22)21(27)28/h1-2,7-11,16,21H,3-6,12H2,(H,36,37). The lowest BCUT2D eigenvalue weighted by atomic mass is 10.1. The summed E-state index contributed by atoms with van der Waals surface area (Å²) in [6.45, 7) is 0.745.